The molecule has 1 saturated heterocycles. The van der Waals surface area contributed by atoms with Crippen LogP contribution in [0, 0.1) is 11.8 Å². The molecule has 2 atom stereocenters. The molecule has 0 bridgehead atoms. The molecule has 1 fully saturated rings. The Labute approximate surface area is 147 Å². The highest BCUT2D eigenvalue weighted by Gasteiger charge is 2.39. The van der Waals surface area contributed by atoms with Gasteiger partial charge in [-0.05, 0) is 5.92 Å². The molecule has 0 aromatic rings. The standard InChI is InChI=1S/C16H27N3O4S/c1-9(2)7-19-14(21)5-13(16(19)23)24-8-11(17)15(22)18-6-12(20)10(3)4/h9-11,13H,5-8,17H2,1-4H3,(H,18,22)/t11-,13?/m1/s1. The van der Waals surface area contributed by atoms with Gasteiger partial charge in [-0.25, -0.2) is 0 Å². The molecule has 1 heterocycles. The second-order valence-corrected chi connectivity index (χ2v) is 7.94. The van der Waals surface area contributed by atoms with Gasteiger partial charge >= 0.3 is 0 Å². The average molecular weight is 357 g/mol. The fourth-order valence-electron chi connectivity index (χ4n) is 2.14. The third-order valence-corrected chi connectivity index (χ3v) is 4.97. The van der Waals surface area contributed by atoms with Gasteiger partial charge in [-0.15, -0.1) is 11.8 Å². The van der Waals surface area contributed by atoms with E-state index in [1.165, 1.54) is 16.7 Å². The Morgan fingerprint density at radius 1 is 1.29 bits per heavy atom. The van der Waals surface area contributed by atoms with Gasteiger partial charge in [0.1, 0.15) is 0 Å². The molecule has 1 aliphatic heterocycles. The Morgan fingerprint density at radius 2 is 1.92 bits per heavy atom. The van der Waals surface area contributed by atoms with E-state index in [-0.39, 0.29) is 48.2 Å². The maximum absolute atomic E-state index is 12.2. The van der Waals surface area contributed by atoms with E-state index in [2.05, 4.69) is 5.32 Å². The number of ketones is 1. The van der Waals surface area contributed by atoms with E-state index in [0.29, 0.717) is 6.54 Å². The Kier molecular flexibility index (Phi) is 7.89. The zero-order valence-corrected chi connectivity index (χ0v) is 15.5. The zero-order valence-electron chi connectivity index (χ0n) is 14.7. The van der Waals surface area contributed by atoms with Crippen molar-refractivity contribution in [2.75, 3.05) is 18.8 Å². The lowest BCUT2D eigenvalue weighted by Gasteiger charge is -2.17. The summed E-state index contributed by atoms with van der Waals surface area (Å²) in [6.45, 7) is 7.78. The summed E-state index contributed by atoms with van der Waals surface area (Å²) in [6, 6.07) is -0.822. The van der Waals surface area contributed by atoms with Crippen LogP contribution in [0.1, 0.15) is 34.1 Å². The monoisotopic (exact) mass is 357 g/mol. The third-order valence-electron chi connectivity index (χ3n) is 3.64. The molecule has 0 aliphatic carbocycles. The van der Waals surface area contributed by atoms with Crippen LogP contribution in [0.15, 0.2) is 0 Å². The molecule has 24 heavy (non-hydrogen) atoms. The summed E-state index contributed by atoms with van der Waals surface area (Å²) in [6.07, 6.45) is 0.149. The van der Waals surface area contributed by atoms with Crippen LogP contribution in [0.5, 0.6) is 0 Å². The van der Waals surface area contributed by atoms with Gasteiger partial charge in [0.2, 0.25) is 17.7 Å². The number of Topliss-reactive ketones (excluding diaryl/α,β-unsaturated/α-hetero) is 1. The Balaban J connectivity index is 2.43. The van der Waals surface area contributed by atoms with Crippen LogP contribution in [-0.4, -0.2) is 58.5 Å². The van der Waals surface area contributed by atoms with Gasteiger partial charge in [0.05, 0.1) is 17.8 Å². The molecule has 1 unspecified atom stereocenters. The molecule has 0 radical (unpaired) electrons. The smallest absolute Gasteiger partial charge is 0.242 e. The van der Waals surface area contributed by atoms with E-state index in [1.54, 1.807) is 13.8 Å². The molecule has 7 nitrogen and oxygen atoms in total. The number of hydrogen-bond donors (Lipinski definition) is 2. The molecule has 1 aliphatic rings. The largest absolute Gasteiger partial charge is 0.348 e. The minimum absolute atomic E-state index is 0.0438. The highest BCUT2D eigenvalue weighted by Crippen LogP contribution is 2.26. The van der Waals surface area contributed by atoms with Crippen molar-refractivity contribution < 1.29 is 19.2 Å². The number of thioether (sulfide) groups is 1. The number of amides is 3. The van der Waals surface area contributed by atoms with Crippen molar-refractivity contribution in [2.24, 2.45) is 17.6 Å². The molecule has 0 aromatic carbocycles. The predicted molar refractivity (Wildman–Crippen MR) is 93.3 cm³/mol. The van der Waals surface area contributed by atoms with Crippen molar-refractivity contribution in [3.05, 3.63) is 0 Å². The fraction of sp³-hybridized carbons (Fsp3) is 0.750. The summed E-state index contributed by atoms with van der Waals surface area (Å²) in [7, 11) is 0. The molecule has 1 rings (SSSR count). The topological polar surface area (TPSA) is 110 Å². The first-order chi connectivity index (χ1) is 11.1. The molecule has 0 spiro atoms. The number of likely N-dealkylation sites (tertiary alicyclic amines) is 1. The van der Waals surface area contributed by atoms with E-state index in [9.17, 15) is 19.2 Å². The van der Waals surface area contributed by atoms with Crippen LogP contribution in [0.2, 0.25) is 0 Å². The van der Waals surface area contributed by atoms with Gasteiger partial charge in [0.25, 0.3) is 0 Å². The lowest BCUT2D eigenvalue weighted by Crippen LogP contribution is -2.45. The number of carbonyl (C=O) groups excluding carboxylic acids is 4. The van der Waals surface area contributed by atoms with Crippen molar-refractivity contribution in [2.45, 2.75) is 45.4 Å². The van der Waals surface area contributed by atoms with Gasteiger partial charge in [-0.1, -0.05) is 27.7 Å². The van der Waals surface area contributed by atoms with Crippen LogP contribution in [0.25, 0.3) is 0 Å². The van der Waals surface area contributed by atoms with Crippen molar-refractivity contribution in [1.29, 1.82) is 0 Å². The van der Waals surface area contributed by atoms with Gasteiger partial charge in [-0.3, -0.25) is 24.1 Å². The lowest BCUT2D eigenvalue weighted by molar-refractivity contribution is -0.138. The van der Waals surface area contributed by atoms with E-state index in [1.807, 2.05) is 13.8 Å². The van der Waals surface area contributed by atoms with Crippen molar-refractivity contribution in [3.63, 3.8) is 0 Å². The lowest BCUT2D eigenvalue weighted by atomic mass is 10.1. The summed E-state index contributed by atoms with van der Waals surface area (Å²) in [4.78, 5) is 48.8. The highest BCUT2D eigenvalue weighted by atomic mass is 32.2. The maximum atomic E-state index is 12.2. The molecule has 3 N–H and O–H groups in total. The molecule has 3 amide bonds. The van der Waals surface area contributed by atoms with Crippen LogP contribution >= 0.6 is 11.8 Å². The molecule has 0 saturated carbocycles. The number of hydrogen-bond acceptors (Lipinski definition) is 6. The average Bonchev–Trinajstić information content (AvgIpc) is 2.76. The number of carbonyl (C=O) groups is 4. The molecular weight excluding hydrogens is 330 g/mol. The Hall–Kier alpha value is -1.41. The minimum Gasteiger partial charge on any atom is -0.348 e. The quantitative estimate of drug-likeness (QED) is 0.569. The van der Waals surface area contributed by atoms with Gasteiger partial charge in [0, 0.05) is 24.6 Å². The van der Waals surface area contributed by atoms with Gasteiger partial charge < -0.3 is 11.1 Å². The third kappa shape index (κ3) is 5.90. The Bertz CT molecular complexity index is 508. The first kappa shape index (κ1) is 20.6. The number of nitrogens with zero attached hydrogens (tertiary/aromatic N) is 1. The number of nitrogens with two attached hydrogens (primary N) is 1. The second-order valence-electron chi connectivity index (χ2n) is 6.71. The first-order valence-electron chi connectivity index (χ1n) is 8.15. The summed E-state index contributed by atoms with van der Waals surface area (Å²) in [5, 5.41) is 2.03. The van der Waals surface area contributed by atoms with Crippen LogP contribution in [0.3, 0.4) is 0 Å². The minimum atomic E-state index is -0.822. The summed E-state index contributed by atoms with van der Waals surface area (Å²) in [5.41, 5.74) is 5.80. The highest BCUT2D eigenvalue weighted by molar-refractivity contribution is 8.00. The van der Waals surface area contributed by atoms with Crippen LogP contribution < -0.4 is 11.1 Å². The Morgan fingerprint density at radius 3 is 2.46 bits per heavy atom. The van der Waals surface area contributed by atoms with E-state index in [4.69, 9.17) is 5.73 Å². The molecule has 0 aromatic heterocycles. The normalized spacial score (nSPS) is 19.3. The van der Waals surface area contributed by atoms with Gasteiger partial charge in [0.15, 0.2) is 5.78 Å². The number of imide groups is 1. The van der Waals surface area contributed by atoms with Crippen molar-refractivity contribution in [3.8, 4) is 0 Å². The number of nitrogens with one attached hydrogen (secondary N) is 1. The van der Waals surface area contributed by atoms with E-state index < -0.39 is 17.2 Å². The second kappa shape index (κ2) is 9.17. The van der Waals surface area contributed by atoms with Crippen molar-refractivity contribution >= 4 is 35.3 Å². The predicted octanol–water partition coefficient (Wildman–Crippen LogP) is 0.172. The summed E-state index contributed by atoms with van der Waals surface area (Å²) < 4.78 is 0. The maximum Gasteiger partial charge on any atom is 0.242 e. The number of rotatable bonds is 9. The fourth-order valence-corrected chi connectivity index (χ4v) is 3.27. The van der Waals surface area contributed by atoms with Gasteiger partial charge in [-0.2, -0.15) is 0 Å². The molecule has 8 heteroatoms. The summed E-state index contributed by atoms with van der Waals surface area (Å²) >= 11 is 1.22. The van der Waals surface area contributed by atoms with Crippen LogP contribution in [-0.2, 0) is 19.2 Å². The molecular formula is C16H27N3O4S. The van der Waals surface area contributed by atoms with Crippen LogP contribution in [0.4, 0.5) is 0 Å². The first-order valence-corrected chi connectivity index (χ1v) is 9.20. The van der Waals surface area contributed by atoms with E-state index >= 15 is 0 Å². The van der Waals surface area contributed by atoms with E-state index in [0.717, 1.165) is 0 Å². The zero-order chi connectivity index (χ0) is 18.4. The molecule has 136 valence electrons. The SMILES string of the molecule is CC(C)CN1C(=O)CC(SC[C@@H](N)C(=O)NCC(=O)C(C)C)C1=O. The summed E-state index contributed by atoms with van der Waals surface area (Å²) in [5.74, 6) is -0.580. The van der Waals surface area contributed by atoms with Crippen molar-refractivity contribution in [1.82, 2.24) is 10.2 Å².